The normalized spacial score (nSPS) is 11.7. The van der Waals surface area contributed by atoms with Gasteiger partial charge in [0.15, 0.2) is 0 Å². The number of rotatable bonds is 3. The molecule has 0 spiro atoms. The number of esters is 1. The number of carbonyl (C=O) groups is 1. The lowest BCUT2D eigenvalue weighted by molar-refractivity contribution is -0.151. The molecule has 96 valence electrons. The lowest BCUT2D eigenvalue weighted by Gasteiger charge is -2.22. The van der Waals surface area contributed by atoms with Crippen molar-refractivity contribution in [2.75, 3.05) is 7.11 Å². The highest BCUT2D eigenvalue weighted by atomic mass is 16.5. The second-order valence-corrected chi connectivity index (χ2v) is 4.77. The fourth-order valence-electron chi connectivity index (χ4n) is 1.85. The molecule has 0 amide bonds. The topological polar surface area (TPSA) is 65.6 Å². The van der Waals surface area contributed by atoms with Crippen molar-refractivity contribution in [3.8, 4) is 0 Å². The van der Waals surface area contributed by atoms with E-state index in [0.717, 1.165) is 0 Å². The van der Waals surface area contributed by atoms with Gasteiger partial charge in [0.2, 0.25) is 0 Å². The third kappa shape index (κ3) is 2.01. The molecule has 2 aromatic rings. The van der Waals surface area contributed by atoms with Gasteiger partial charge in [-0.2, -0.15) is 5.10 Å². The van der Waals surface area contributed by atoms with Crippen LogP contribution in [0.4, 0.5) is 0 Å². The van der Waals surface area contributed by atoms with Crippen LogP contribution < -0.4 is 5.56 Å². The van der Waals surface area contributed by atoms with Crippen LogP contribution in [-0.4, -0.2) is 27.3 Å². The molecule has 6 heteroatoms. The first-order valence-corrected chi connectivity index (χ1v) is 5.57. The molecule has 0 radical (unpaired) electrons. The molecule has 0 aromatic carbocycles. The van der Waals surface area contributed by atoms with Gasteiger partial charge in [-0.15, -0.1) is 0 Å². The van der Waals surface area contributed by atoms with Crippen molar-refractivity contribution < 1.29 is 9.53 Å². The van der Waals surface area contributed by atoms with Gasteiger partial charge in [0.25, 0.3) is 5.56 Å². The summed E-state index contributed by atoms with van der Waals surface area (Å²) in [7, 11) is 1.34. The second-order valence-electron chi connectivity index (χ2n) is 4.77. The molecule has 0 aliphatic carbocycles. The first kappa shape index (κ1) is 12.3. The second kappa shape index (κ2) is 4.29. The quantitative estimate of drug-likeness (QED) is 0.751. The van der Waals surface area contributed by atoms with Gasteiger partial charge >= 0.3 is 5.97 Å². The fourth-order valence-corrected chi connectivity index (χ4v) is 1.85. The lowest BCUT2D eigenvalue weighted by Crippen LogP contribution is -2.35. The zero-order chi connectivity index (χ0) is 13.3. The number of hydrogen-bond donors (Lipinski definition) is 0. The lowest BCUT2D eigenvalue weighted by atomic mass is 9.93. The maximum atomic E-state index is 12.1. The van der Waals surface area contributed by atoms with E-state index in [1.807, 2.05) is 0 Å². The molecule has 2 rings (SSSR count). The van der Waals surface area contributed by atoms with Gasteiger partial charge in [-0.1, -0.05) is 0 Å². The zero-order valence-electron chi connectivity index (χ0n) is 10.6. The Morgan fingerprint density at radius 2 is 2.17 bits per heavy atom. The largest absolute Gasteiger partial charge is 0.469 e. The highest BCUT2D eigenvalue weighted by molar-refractivity contribution is 5.75. The average Bonchev–Trinajstić information content (AvgIpc) is 2.80. The summed E-state index contributed by atoms with van der Waals surface area (Å²) in [5.41, 5.74) is -0.443. The maximum Gasteiger partial charge on any atom is 0.313 e. The minimum absolute atomic E-state index is 0.174. The Hall–Kier alpha value is -2.11. The maximum absolute atomic E-state index is 12.1. The van der Waals surface area contributed by atoms with Crippen LogP contribution in [0.5, 0.6) is 0 Å². The van der Waals surface area contributed by atoms with Crippen LogP contribution >= 0.6 is 0 Å². The van der Waals surface area contributed by atoms with Crippen LogP contribution in [0.25, 0.3) is 5.52 Å². The summed E-state index contributed by atoms with van der Waals surface area (Å²) in [5, 5.41) is 3.98. The van der Waals surface area contributed by atoms with Crippen LogP contribution in [0, 0.1) is 5.41 Å². The highest BCUT2D eigenvalue weighted by Crippen LogP contribution is 2.19. The van der Waals surface area contributed by atoms with Crippen molar-refractivity contribution in [3.63, 3.8) is 0 Å². The monoisotopic (exact) mass is 249 g/mol. The van der Waals surface area contributed by atoms with Gasteiger partial charge in [-0.25, -0.2) is 4.52 Å². The van der Waals surface area contributed by atoms with Gasteiger partial charge in [0, 0.05) is 18.9 Å². The van der Waals surface area contributed by atoms with Crippen molar-refractivity contribution >= 4 is 11.5 Å². The molecule has 0 aliphatic rings. The third-order valence-corrected chi connectivity index (χ3v) is 2.84. The van der Waals surface area contributed by atoms with Gasteiger partial charge in [-0.05, 0) is 19.9 Å². The van der Waals surface area contributed by atoms with E-state index in [1.165, 1.54) is 16.2 Å². The summed E-state index contributed by atoms with van der Waals surface area (Å²) in [5.74, 6) is -0.345. The Bertz CT molecular complexity index is 639. The minimum atomic E-state index is -0.753. The van der Waals surface area contributed by atoms with Crippen LogP contribution in [0.15, 0.2) is 29.5 Å². The molecule has 2 aromatic heterocycles. The van der Waals surface area contributed by atoms with Crippen LogP contribution in [0.2, 0.25) is 0 Å². The SMILES string of the molecule is COC(=O)C(C)(C)Cn1ccn2nccc2c1=O. The molecular weight excluding hydrogens is 234 g/mol. The summed E-state index contributed by atoms with van der Waals surface area (Å²) >= 11 is 0. The summed E-state index contributed by atoms with van der Waals surface area (Å²) in [4.78, 5) is 23.7. The van der Waals surface area contributed by atoms with E-state index >= 15 is 0 Å². The van der Waals surface area contributed by atoms with Gasteiger partial charge in [0.1, 0.15) is 5.52 Å². The van der Waals surface area contributed by atoms with Gasteiger partial charge in [-0.3, -0.25) is 9.59 Å². The zero-order valence-corrected chi connectivity index (χ0v) is 10.6. The molecule has 6 nitrogen and oxygen atoms in total. The van der Waals surface area contributed by atoms with E-state index in [-0.39, 0.29) is 18.1 Å². The molecule has 0 bridgehead atoms. The minimum Gasteiger partial charge on any atom is -0.469 e. The number of ether oxygens (including phenoxy) is 1. The predicted octanol–water partition coefficient (Wildman–Crippen LogP) is 0.695. The van der Waals surface area contributed by atoms with E-state index in [4.69, 9.17) is 4.74 Å². The van der Waals surface area contributed by atoms with Crippen molar-refractivity contribution in [3.05, 3.63) is 35.0 Å². The average molecular weight is 249 g/mol. The van der Waals surface area contributed by atoms with Crippen LogP contribution in [0.1, 0.15) is 13.8 Å². The van der Waals surface area contributed by atoms with Crippen LogP contribution in [0.3, 0.4) is 0 Å². The molecule has 0 saturated carbocycles. The Labute approximate surface area is 104 Å². The molecule has 0 atom stereocenters. The summed E-state index contributed by atoms with van der Waals surface area (Å²) in [6, 6.07) is 1.64. The van der Waals surface area contributed by atoms with Crippen molar-refractivity contribution in [2.24, 2.45) is 5.41 Å². The Balaban J connectivity index is 2.41. The first-order chi connectivity index (χ1) is 8.45. The van der Waals surface area contributed by atoms with Crippen LogP contribution in [-0.2, 0) is 16.1 Å². The molecule has 2 heterocycles. The number of methoxy groups -OCH3 is 1. The number of aromatic nitrogens is 3. The molecule has 0 aliphatic heterocycles. The Kier molecular flexibility index (Phi) is 2.94. The number of carbonyl (C=O) groups excluding carboxylic acids is 1. The van der Waals surface area contributed by atoms with E-state index in [1.54, 1.807) is 38.5 Å². The van der Waals surface area contributed by atoms with Crippen molar-refractivity contribution in [1.29, 1.82) is 0 Å². The highest BCUT2D eigenvalue weighted by Gasteiger charge is 2.29. The number of hydrogen-bond acceptors (Lipinski definition) is 4. The fraction of sp³-hybridized carbons (Fsp3) is 0.417. The first-order valence-electron chi connectivity index (χ1n) is 5.57. The molecule has 18 heavy (non-hydrogen) atoms. The van der Waals surface area contributed by atoms with Gasteiger partial charge < -0.3 is 9.30 Å². The predicted molar refractivity (Wildman–Crippen MR) is 65.2 cm³/mol. The molecular formula is C12H15N3O3. The standard InChI is InChI=1S/C12H15N3O3/c1-12(2,11(17)18-3)8-14-6-7-15-9(10(14)16)4-5-13-15/h4-7H,8H2,1-3H3. The smallest absolute Gasteiger partial charge is 0.313 e. The van der Waals surface area contributed by atoms with E-state index in [9.17, 15) is 9.59 Å². The van der Waals surface area contributed by atoms with Crippen molar-refractivity contribution in [2.45, 2.75) is 20.4 Å². The summed E-state index contributed by atoms with van der Waals surface area (Å²) < 4.78 is 7.73. The van der Waals surface area contributed by atoms with Gasteiger partial charge in [0.05, 0.1) is 18.7 Å². The number of fused-ring (bicyclic) bond motifs is 1. The Morgan fingerprint density at radius 3 is 2.83 bits per heavy atom. The van der Waals surface area contributed by atoms with Crippen molar-refractivity contribution in [1.82, 2.24) is 14.2 Å². The summed E-state index contributed by atoms with van der Waals surface area (Å²) in [6.45, 7) is 3.75. The third-order valence-electron chi connectivity index (χ3n) is 2.84. The van der Waals surface area contributed by atoms with E-state index in [2.05, 4.69) is 5.10 Å². The molecule has 0 saturated heterocycles. The molecule has 0 N–H and O–H groups in total. The molecule has 0 unspecified atom stereocenters. The summed E-state index contributed by atoms with van der Waals surface area (Å²) in [6.07, 6.45) is 4.86. The van der Waals surface area contributed by atoms with E-state index < -0.39 is 5.41 Å². The van der Waals surface area contributed by atoms with E-state index in [0.29, 0.717) is 5.52 Å². The Morgan fingerprint density at radius 1 is 1.44 bits per heavy atom. The molecule has 0 fully saturated rings. The number of nitrogens with zero attached hydrogens (tertiary/aromatic N) is 3.